The fourth-order valence-electron chi connectivity index (χ4n) is 10.00. The first-order valence-electron chi connectivity index (χ1n) is 18.3. The minimum Gasteiger partial charge on any atom is -0.384 e. The quantitative estimate of drug-likeness (QED) is 0.261. The number of amides is 1. The minimum atomic E-state index is -0.959. The number of nitrogens with one attached hydrogen (secondary N) is 2. The summed E-state index contributed by atoms with van der Waals surface area (Å²) in [6, 6.07) is 8.67. The molecule has 1 spiro atoms. The van der Waals surface area contributed by atoms with Gasteiger partial charge in [0.25, 0.3) is 0 Å². The topological polar surface area (TPSA) is 84.5 Å². The summed E-state index contributed by atoms with van der Waals surface area (Å²) in [5, 5.41) is 18.5. The van der Waals surface area contributed by atoms with Crippen LogP contribution in [0.3, 0.4) is 0 Å². The largest absolute Gasteiger partial charge is 0.384 e. The molecule has 1 aromatic carbocycles. The number of hydrogen-bond acceptors (Lipinski definition) is 5. The zero-order chi connectivity index (χ0) is 32.2. The predicted octanol–water partition coefficient (Wildman–Crippen LogP) is 7.45. The summed E-state index contributed by atoms with van der Waals surface area (Å²) in [5.74, 6) is 0.248. The number of allylic oxidation sites excluding steroid dienone is 4. The van der Waals surface area contributed by atoms with Gasteiger partial charge in [-0.3, -0.25) is 14.7 Å². The summed E-state index contributed by atoms with van der Waals surface area (Å²) in [6.45, 7) is 8.15. The fraction of sp³-hybridized carbons (Fsp3) is 0.550. The first-order valence-corrected chi connectivity index (χ1v) is 18.3. The molecule has 3 N–H and O–H groups in total. The molecule has 6 atom stereocenters. The number of anilines is 1. The van der Waals surface area contributed by atoms with Crippen LogP contribution in [0.25, 0.3) is 27.4 Å². The Morgan fingerprint density at radius 3 is 2.72 bits per heavy atom. The number of carbonyl (C=O) groups is 1. The molecule has 1 aliphatic carbocycles. The molecule has 248 valence electrons. The maximum Gasteiger partial charge on any atom is 0.226 e. The Hall–Kier alpha value is -3.26. The maximum absolute atomic E-state index is 13.2. The van der Waals surface area contributed by atoms with Crippen LogP contribution in [0.5, 0.6) is 0 Å². The average molecular weight is 634 g/mol. The number of carbonyl (C=O) groups excluding carboxylic acids is 1. The maximum atomic E-state index is 13.2. The van der Waals surface area contributed by atoms with Crippen LogP contribution >= 0.6 is 0 Å². The smallest absolute Gasteiger partial charge is 0.226 e. The molecule has 3 aromatic rings. The first-order chi connectivity index (χ1) is 22.9. The van der Waals surface area contributed by atoms with Crippen LogP contribution in [0.1, 0.15) is 83.7 Å². The lowest BCUT2D eigenvalue weighted by Crippen LogP contribution is -2.65. The van der Waals surface area contributed by atoms with Gasteiger partial charge in [-0.05, 0) is 126 Å². The number of rotatable bonds is 3. The van der Waals surface area contributed by atoms with E-state index in [0.29, 0.717) is 12.0 Å². The number of nitrogens with zero attached hydrogens (tertiary/aromatic N) is 3. The van der Waals surface area contributed by atoms with E-state index >= 15 is 0 Å². The summed E-state index contributed by atoms with van der Waals surface area (Å²) in [4.78, 5) is 26.9. The summed E-state index contributed by atoms with van der Waals surface area (Å²) in [5.41, 5.74) is 4.07. The van der Waals surface area contributed by atoms with E-state index < -0.39 is 5.60 Å². The number of aromatic amines is 1. The van der Waals surface area contributed by atoms with Gasteiger partial charge in [0.05, 0.1) is 22.9 Å². The van der Waals surface area contributed by atoms with Crippen LogP contribution in [-0.4, -0.2) is 74.6 Å². The van der Waals surface area contributed by atoms with Crippen molar-refractivity contribution in [3.8, 4) is 0 Å². The molecule has 1 unspecified atom stereocenters. The zero-order valence-electron chi connectivity index (χ0n) is 28.2. The van der Waals surface area contributed by atoms with Crippen molar-refractivity contribution in [1.82, 2.24) is 19.8 Å². The normalized spacial score (nSPS) is 34.3. The Bertz CT molecular complexity index is 1750. The first kappa shape index (κ1) is 31.0. The molecule has 2 saturated heterocycles. The number of hydrogen-bond donors (Lipinski definition) is 3. The minimum absolute atomic E-state index is 0.0173. The average Bonchev–Trinajstić information content (AvgIpc) is 3.56. The van der Waals surface area contributed by atoms with Gasteiger partial charge >= 0.3 is 0 Å². The summed E-state index contributed by atoms with van der Waals surface area (Å²) >= 11 is 0. The van der Waals surface area contributed by atoms with E-state index in [1.54, 1.807) is 0 Å². The van der Waals surface area contributed by atoms with E-state index in [1.165, 1.54) is 31.3 Å². The van der Waals surface area contributed by atoms with Gasteiger partial charge in [-0.1, -0.05) is 38.2 Å². The number of H-pyrrole nitrogens is 1. The van der Waals surface area contributed by atoms with Gasteiger partial charge in [0.2, 0.25) is 5.91 Å². The van der Waals surface area contributed by atoms with Crippen LogP contribution in [-0.2, 0) is 4.79 Å². The van der Waals surface area contributed by atoms with E-state index in [-0.39, 0.29) is 23.3 Å². The van der Waals surface area contributed by atoms with Crippen LogP contribution in [0.4, 0.5) is 5.69 Å². The molecule has 0 saturated carbocycles. The number of aromatic nitrogens is 2. The molecular formula is C40H51N5O2. The fourth-order valence-corrected chi connectivity index (χ4v) is 10.00. The van der Waals surface area contributed by atoms with Crippen molar-refractivity contribution in [2.24, 2.45) is 17.3 Å². The number of pyridine rings is 1. The van der Waals surface area contributed by atoms with Crippen molar-refractivity contribution >= 4 is 39.0 Å². The van der Waals surface area contributed by atoms with Gasteiger partial charge in [0, 0.05) is 52.1 Å². The van der Waals surface area contributed by atoms with Gasteiger partial charge in [0.1, 0.15) is 0 Å². The monoisotopic (exact) mass is 633 g/mol. The lowest BCUT2D eigenvalue weighted by Gasteiger charge is -2.58. The lowest BCUT2D eigenvalue weighted by molar-refractivity contribution is -0.118. The second kappa shape index (κ2) is 12.3. The summed E-state index contributed by atoms with van der Waals surface area (Å²) < 4.78 is 0. The number of fused-ring (bicyclic) bond motifs is 5. The number of piperidine rings is 1. The molecule has 8 rings (SSSR count). The Balaban J connectivity index is 1.29. The van der Waals surface area contributed by atoms with Crippen molar-refractivity contribution in [2.75, 3.05) is 31.5 Å². The number of benzene rings is 1. The van der Waals surface area contributed by atoms with Crippen LogP contribution < -0.4 is 5.32 Å². The van der Waals surface area contributed by atoms with E-state index in [4.69, 9.17) is 4.98 Å². The van der Waals surface area contributed by atoms with Crippen molar-refractivity contribution < 1.29 is 9.90 Å². The third-order valence-corrected chi connectivity index (χ3v) is 12.0. The highest BCUT2D eigenvalue weighted by Crippen LogP contribution is 2.61. The molecule has 6 heterocycles. The van der Waals surface area contributed by atoms with Gasteiger partial charge in [0.15, 0.2) is 0 Å². The molecule has 4 aliphatic heterocycles. The van der Waals surface area contributed by atoms with Crippen molar-refractivity contribution in [3.05, 3.63) is 66.5 Å². The third-order valence-electron chi connectivity index (χ3n) is 12.0. The second-order valence-electron chi connectivity index (χ2n) is 15.4. The molecule has 7 heteroatoms. The SMILES string of the molecule is CC(C)C(=O)Nc1ccc2[nH]c3c(C4=C[C@@]5(O)CC/C=C\CCCCN6CC[C@@H]4[C@]4(C[C@@H]7/C=C\CCCCN7[C@H]45)C6)nccc3c2c1. The van der Waals surface area contributed by atoms with Crippen LogP contribution in [0.15, 0.2) is 60.8 Å². The predicted molar refractivity (Wildman–Crippen MR) is 191 cm³/mol. The molecule has 7 nitrogen and oxygen atoms in total. The van der Waals surface area contributed by atoms with E-state index in [1.807, 2.05) is 26.1 Å². The zero-order valence-corrected chi connectivity index (χ0v) is 28.2. The van der Waals surface area contributed by atoms with Crippen LogP contribution in [0, 0.1) is 17.3 Å². The standard InChI is InChI=1S/C40H51N5O2/c1-27(2)37(46)42-28-14-15-34-31(23-28)30-16-19-41-35(36(30)43-34)32-25-40(47)18-10-6-3-4-7-11-20-44-22-17-33(32)39(26-44)24-29-13-9-5-8-12-21-45(29)38(39)40/h3,6,9,13-16,19,23,25,27,29,33,38,43,47H,4-5,7-8,10-12,17-18,20-22,24,26H2,1-2H3,(H,42,46)/b6-3-,13-9-/t29-,33-,38+,39-,40-/m0/s1. The van der Waals surface area contributed by atoms with Crippen molar-refractivity contribution in [2.45, 2.75) is 95.7 Å². The third kappa shape index (κ3) is 5.39. The van der Waals surface area contributed by atoms with Crippen molar-refractivity contribution in [3.63, 3.8) is 0 Å². The van der Waals surface area contributed by atoms with Gasteiger partial charge in [-0.2, -0.15) is 0 Å². The highest BCUT2D eigenvalue weighted by molar-refractivity contribution is 6.11. The van der Waals surface area contributed by atoms with E-state index in [2.05, 4.69) is 68.7 Å². The van der Waals surface area contributed by atoms with Gasteiger partial charge < -0.3 is 20.3 Å². The molecule has 5 aliphatic rings. The second-order valence-corrected chi connectivity index (χ2v) is 15.4. The molecular weight excluding hydrogens is 582 g/mol. The van der Waals surface area contributed by atoms with E-state index in [9.17, 15) is 9.90 Å². The van der Waals surface area contributed by atoms with Crippen molar-refractivity contribution in [1.29, 1.82) is 0 Å². The van der Waals surface area contributed by atoms with E-state index in [0.717, 1.165) is 97.9 Å². The highest BCUT2D eigenvalue weighted by Gasteiger charge is 2.65. The summed E-state index contributed by atoms with van der Waals surface area (Å²) in [6.07, 6.45) is 24.7. The molecule has 3 bridgehead atoms. The Morgan fingerprint density at radius 2 is 1.85 bits per heavy atom. The molecule has 2 aromatic heterocycles. The summed E-state index contributed by atoms with van der Waals surface area (Å²) in [7, 11) is 0. The Kier molecular flexibility index (Phi) is 8.14. The van der Waals surface area contributed by atoms with Crippen LogP contribution in [0.2, 0.25) is 0 Å². The number of aliphatic hydroxyl groups is 1. The lowest BCUT2D eigenvalue weighted by atomic mass is 9.54. The molecule has 47 heavy (non-hydrogen) atoms. The van der Waals surface area contributed by atoms with Gasteiger partial charge in [-0.25, -0.2) is 0 Å². The van der Waals surface area contributed by atoms with Gasteiger partial charge in [-0.15, -0.1) is 0 Å². The highest BCUT2D eigenvalue weighted by atomic mass is 16.3. The molecule has 2 fully saturated rings. The Morgan fingerprint density at radius 1 is 1.02 bits per heavy atom. The molecule has 0 radical (unpaired) electrons. The Labute approximate surface area is 279 Å². The molecule has 1 amide bonds.